The molecule has 0 radical (unpaired) electrons. The van der Waals surface area contributed by atoms with Gasteiger partial charge in [0.05, 0.1) is 17.1 Å². The largest absolute Gasteiger partial charge is 0.367 e. The molecule has 0 spiro atoms. The fourth-order valence-corrected chi connectivity index (χ4v) is 3.25. The number of nitrogens with one attached hydrogen (secondary N) is 1. The molecule has 2 aromatic heterocycles. The Bertz CT molecular complexity index is 898. The van der Waals surface area contributed by atoms with E-state index in [0.717, 1.165) is 35.3 Å². The smallest absolute Gasteiger partial charge is 0.245 e. The minimum absolute atomic E-state index is 0.0363. The lowest BCUT2D eigenvalue weighted by Gasteiger charge is -2.23. The Morgan fingerprint density at radius 1 is 1.46 bits per heavy atom. The van der Waals surface area contributed by atoms with Crippen LogP contribution in [0.1, 0.15) is 30.3 Å². The molecule has 124 valence electrons. The van der Waals surface area contributed by atoms with E-state index in [1.54, 1.807) is 0 Å². The minimum atomic E-state index is -0.0614. The summed E-state index contributed by atoms with van der Waals surface area (Å²) in [6.07, 6.45) is 1.83. The average molecular weight is 326 g/mol. The lowest BCUT2D eigenvalue weighted by Crippen LogP contribution is -2.34. The van der Waals surface area contributed by atoms with Gasteiger partial charge >= 0.3 is 0 Å². The Morgan fingerprint density at radius 2 is 2.33 bits per heavy atom. The first-order valence-electron chi connectivity index (χ1n) is 7.90. The summed E-state index contributed by atoms with van der Waals surface area (Å²) >= 11 is 0. The van der Waals surface area contributed by atoms with Gasteiger partial charge in [-0.15, -0.1) is 0 Å². The number of carbonyl (C=O) groups excluding carboxylic acids is 1. The molecule has 1 amide bonds. The number of hydrogen-bond acceptors (Lipinski definition) is 6. The topological polar surface area (TPSA) is 119 Å². The van der Waals surface area contributed by atoms with Crippen LogP contribution in [0.4, 0.5) is 5.95 Å². The molecule has 1 aliphatic rings. The summed E-state index contributed by atoms with van der Waals surface area (Å²) in [5.41, 5.74) is 8.71. The van der Waals surface area contributed by atoms with Crippen molar-refractivity contribution in [1.29, 1.82) is 0 Å². The van der Waals surface area contributed by atoms with E-state index in [1.807, 2.05) is 30.0 Å². The van der Waals surface area contributed by atoms with Crippen LogP contribution in [0.25, 0.3) is 11.0 Å². The maximum absolute atomic E-state index is 12.6. The van der Waals surface area contributed by atoms with Gasteiger partial charge in [0, 0.05) is 6.54 Å². The zero-order valence-corrected chi connectivity index (χ0v) is 13.3. The molecular weight excluding hydrogens is 308 g/mol. The summed E-state index contributed by atoms with van der Waals surface area (Å²) in [7, 11) is 0. The van der Waals surface area contributed by atoms with E-state index in [0.29, 0.717) is 6.54 Å². The van der Waals surface area contributed by atoms with Crippen LogP contribution in [0.2, 0.25) is 0 Å². The first-order chi connectivity index (χ1) is 11.6. The molecule has 3 aromatic rings. The summed E-state index contributed by atoms with van der Waals surface area (Å²) in [5, 5.41) is 10.8. The second kappa shape index (κ2) is 5.59. The number of tetrazole rings is 1. The summed E-state index contributed by atoms with van der Waals surface area (Å²) in [6.45, 7) is 2.77. The van der Waals surface area contributed by atoms with E-state index in [4.69, 9.17) is 10.7 Å². The lowest BCUT2D eigenvalue weighted by atomic mass is 10.2. The number of H-pyrrole nitrogens is 1. The van der Waals surface area contributed by atoms with Crippen LogP contribution >= 0.6 is 0 Å². The Labute approximate surface area is 137 Å². The highest BCUT2D eigenvalue weighted by Crippen LogP contribution is 2.32. The number of aromatic amines is 1. The van der Waals surface area contributed by atoms with Crippen molar-refractivity contribution in [2.45, 2.75) is 32.4 Å². The van der Waals surface area contributed by atoms with E-state index in [9.17, 15) is 4.79 Å². The number of anilines is 1. The third-order valence-electron chi connectivity index (χ3n) is 4.47. The number of rotatable bonds is 3. The zero-order valence-electron chi connectivity index (χ0n) is 13.3. The number of fused-ring (bicyclic) bond motifs is 1. The zero-order chi connectivity index (χ0) is 16.7. The number of likely N-dealkylation sites (tertiary alicyclic amines) is 1. The molecule has 0 saturated carbocycles. The van der Waals surface area contributed by atoms with E-state index < -0.39 is 0 Å². The van der Waals surface area contributed by atoms with Crippen LogP contribution in [0.3, 0.4) is 0 Å². The normalized spacial score (nSPS) is 17.7. The van der Waals surface area contributed by atoms with Gasteiger partial charge in [-0.25, -0.2) is 9.67 Å². The highest BCUT2D eigenvalue weighted by atomic mass is 16.2. The van der Waals surface area contributed by atoms with Crippen molar-refractivity contribution >= 4 is 22.9 Å². The van der Waals surface area contributed by atoms with Crippen LogP contribution in [0, 0.1) is 6.92 Å². The van der Waals surface area contributed by atoms with Crippen molar-refractivity contribution in [3.05, 3.63) is 29.6 Å². The van der Waals surface area contributed by atoms with Gasteiger partial charge in [-0.05, 0) is 41.8 Å². The van der Waals surface area contributed by atoms with E-state index in [-0.39, 0.29) is 24.4 Å². The Kier molecular flexibility index (Phi) is 3.40. The molecule has 1 aliphatic heterocycles. The molecule has 3 N–H and O–H groups in total. The molecule has 1 atom stereocenters. The summed E-state index contributed by atoms with van der Waals surface area (Å²) < 4.78 is 1.31. The standard InChI is InChI=1S/C15H18N8O/c1-9-4-2-5-10-13(9)18-14(17-10)11-6-3-7-22(11)12(24)8-23-15(16)19-20-21-23/h2,4-5,11H,3,6-8H2,1H3,(H,17,18)(H2,16,19,21)/t11-/m0/s1. The molecule has 1 saturated heterocycles. The summed E-state index contributed by atoms with van der Waals surface area (Å²) in [5.74, 6) is 0.905. The summed E-state index contributed by atoms with van der Waals surface area (Å²) in [6, 6.07) is 5.98. The molecule has 9 heteroatoms. The quantitative estimate of drug-likeness (QED) is 0.735. The number of hydrogen-bond donors (Lipinski definition) is 2. The monoisotopic (exact) mass is 326 g/mol. The van der Waals surface area contributed by atoms with Crippen LogP contribution in [0.15, 0.2) is 18.2 Å². The van der Waals surface area contributed by atoms with E-state index in [1.165, 1.54) is 4.68 Å². The maximum atomic E-state index is 12.6. The Hall–Kier alpha value is -2.97. The van der Waals surface area contributed by atoms with Crippen molar-refractivity contribution in [2.24, 2.45) is 0 Å². The van der Waals surface area contributed by atoms with Crippen LogP contribution in [0.5, 0.6) is 0 Å². The number of nitrogens with zero attached hydrogens (tertiary/aromatic N) is 6. The van der Waals surface area contributed by atoms with Gasteiger partial charge in [0.15, 0.2) is 0 Å². The minimum Gasteiger partial charge on any atom is -0.367 e. The predicted molar refractivity (Wildman–Crippen MR) is 86.7 cm³/mol. The molecule has 0 unspecified atom stereocenters. The van der Waals surface area contributed by atoms with Crippen molar-refractivity contribution in [3.63, 3.8) is 0 Å². The number of nitrogens with two attached hydrogens (primary N) is 1. The fourth-order valence-electron chi connectivity index (χ4n) is 3.25. The third-order valence-corrected chi connectivity index (χ3v) is 4.47. The number of para-hydroxylation sites is 1. The van der Waals surface area contributed by atoms with Crippen molar-refractivity contribution in [3.8, 4) is 0 Å². The number of aromatic nitrogens is 6. The highest BCUT2D eigenvalue weighted by molar-refractivity contribution is 5.79. The molecule has 1 fully saturated rings. The van der Waals surface area contributed by atoms with Gasteiger partial charge in [-0.3, -0.25) is 4.79 Å². The van der Waals surface area contributed by atoms with Gasteiger partial charge < -0.3 is 15.6 Å². The third kappa shape index (κ3) is 2.38. The Morgan fingerprint density at radius 3 is 3.08 bits per heavy atom. The average Bonchev–Trinajstić information content (AvgIpc) is 3.27. The number of amides is 1. The van der Waals surface area contributed by atoms with Gasteiger partial charge in [0.2, 0.25) is 11.9 Å². The van der Waals surface area contributed by atoms with E-state index >= 15 is 0 Å². The SMILES string of the molecule is Cc1cccc2[nH]c([C@@H]3CCCN3C(=O)Cn3nnnc3N)nc12. The number of nitrogen functional groups attached to an aromatic ring is 1. The van der Waals surface area contributed by atoms with Gasteiger partial charge in [-0.1, -0.05) is 17.2 Å². The second-order valence-corrected chi connectivity index (χ2v) is 6.03. The first kappa shape index (κ1) is 14.6. The number of aryl methyl sites for hydroxylation is 1. The fraction of sp³-hybridized carbons (Fsp3) is 0.400. The second-order valence-electron chi connectivity index (χ2n) is 6.03. The molecule has 0 aliphatic carbocycles. The predicted octanol–water partition coefficient (Wildman–Crippen LogP) is 0.804. The molecule has 3 heterocycles. The maximum Gasteiger partial charge on any atom is 0.245 e. The molecular formula is C15H18N8O. The first-order valence-corrected chi connectivity index (χ1v) is 7.90. The molecule has 1 aromatic carbocycles. The molecule has 9 nitrogen and oxygen atoms in total. The van der Waals surface area contributed by atoms with Crippen LogP contribution < -0.4 is 5.73 Å². The molecule has 0 bridgehead atoms. The number of benzene rings is 1. The highest BCUT2D eigenvalue weighted by Gasteiger charge is 2.32. The molecule has 24 heavy (non-hydrogen) atoms. The van der Waals surface area contributed by atoms with Crippen molar-refractivity contribution < 1.29 is 4.79 Å². The molecule has 4 rings (SSSR count). The van der Waals surface area contributed by atoms with Crippen molar-refractivity contribution in [2.75, 3.05) is 12.3 Å². The van der Waals surface area contributed by atoms with Crippen LogP contribution in [-0.2, 0) is 11.3 Å². The Balaban J connectivity index is 1.60. The van der Waals surface area contributed by atoms with Gasteiger partial charge in [0.25, 0.3) is 0 Å². The van der Waals surface area contributed by atoms with E-state index in [2.05, 4.69) is 20.5 Å². The van der Waals surface area contributed by atoms with Gasteiger partial charge in [0.1, 0.15) is 12.4 Å². The summed E-state index contributed by atoms with van der Waals surface area (Å²) in [4.78, 5) is 22.5. The number of imidazole rings is 1. The lowest BCUT2D eigenvalue weighted by molar-refractivity contribution is -0.133. The van der Waals surface area contributed by atoms with Gasteiger partial charge in [-0.2, -0.15) is 0 Å². The van der Waals surface area contributed by atoms with Crippen LogP contribution in [-0.4, -0.2) is 47.5 Å². The number of carbonyl (C=O) groups is 1. The van der Waals surface area contributed by atoms with Crippen molar-refractivity contribution in [1.82, 2.24) is 35.1 Å².